The predicted octanol–water partition coefficient (Wildman–Crippen LogP) is 3.54. The molecule has 1 aromatic carbocycles. The van der Waals surface area contributed by atoms with Gasteiger partial charge in [-0.1, -0.05) is 31.9 Å². The quantitative estimate of drug-likeness (QED) is 0.888. The van der Waals surface area contributed by atoms with E-state index in [1.54, 1.807) is 12.1 Å². The van der Waals surface area contributed by atoms with Crippen molar-refractivity contribution in [2.24, 2.45) is 5.92 Å². The summed E-state index contributed by atoms with van der Waals surface area (Å²) in [5.74, 6) is -0.0511. The van der Waals surface area contributed by atoms with Crippen molar-refractivity contribution in [3.8, 4) is 5.75 Å². The molecule has 100 valence electrons. The Kier molecular flexibility index (Phi) is 4.23. The van der Waals surface area contributed by atoms with E-state index in [0.29, 0.717) is 24.1 Å². The van der Waals surface area contributed by atoms with Crippen LogP contribution in [0.3, 0.4) is 0 Å². The highest BCUT2D eigenvalue weighted by Crippen LogP contribution is 2.29. The van der Waals surface area contributed by atoms with Gasteiger partial charge in [0, 0.05) is 18.2 Å². The topological polar surface area (TPSA) is 23.5 Å². The molecule has 1 saturated carbocycles. The third kappa shape index (κ3) is 2.83. The molecule has 3 heteroatoms. The van der Waals surface area contributed by atoms with Gasteiger partial charge in [0.05, 0.1) is 0 Å². The molecule has 0 bridgehead atoms. The highest BCUT2D eigenvalue weighted by atomic mass is 19.1. The summed E-state index contributed by atoms with van der Waals surface area (Å²) in [6, 6.07) is 5.29. The summed E-state index contributed by atoms with van der Waals surface area (Å²) >= 11 is 0. The molecule has 1 fully saturated rings. The van der Waals surface area contributed by atoms with Gasteiger partial charge in [-0.3, -0.25) is 4.90 Å². The van der Waals surface area contributed by atoms with Crippen LogP contribution in [0.1, 0.15) is 38.2 Å². The minimum absolute atomic E-state index is 0.201. The first-order chi connectivity index (χ1) is 8.59. The first kappa shape index (κ1) is 13.3. The number of benzene rings is 1. The van der Waals surface area contributed by atoms with Gasteiger partial charge >= 0.3 is 0 Å². The van der Waals surface area contributed by atoms with E-state index in [9.17, 15) is 9.50 Å². The summed E-state index contributed by atoms with van der Waals surface area (Å²) in [5, 5.41) is 9.71. The van der Waals surface area contributed by atoms with Crippen LogP contribution in [0.4, 0.5) is 4.39 Å². The van der Waals surface area contributed by atoms with Gasteiger partial charge in [0.2, 0.25) is 0 Å². The lowest BCUT2D eigenvalue weighted by Crippen LogP contribution is -2.38. The van der Waals surface area contributed by atoms with E-state index in [2.05, 4.69) is 18.9 Å². The Morgan fingerprint density at radius 3 is 2.78 bits per heavy atom. The molecule has 1 aromatic rings. The molecule has 0 saturated heterocycles. The van der Waals surface area contributed by atoms with Crippen LogP contribution in [0.15, 0.2) is 18.2 Å². The molecule has 2 rings (SSSR count). The molecule has 1 aliphatic carbocycles. The number of phenols is 1. The minimum Gasteiger partial charge on any atom is -0.505 e. The van der Waals surface area contributed by atoms with Crippen molar-refractivity contribution in [1.82, 2.24) is 4.90 Å². The average molecular weight is 251 g/mol. The summed E-state index contributed by atoms with van der Waals surface area (Å²) in [6.07, 6.45) is 5.06. The second kappa shape index (κ2) is 5.70. The summed E-state index contributed by atoms with van der Waals surface area (Å²) in [7, 11) is 2.07. The van der Waals surface area contributed by atoms with Crippen LogP contribution in [0, 0.1) is 11.7 Å². The first-order valence-electron chi connectivity index (χ1n) is 6.76. The van der Waals surface area contributed by atoms with E-state index < -0.39 is 5.82 Å². The standard InChI is InChI=1S/C15H22FNO/c1-11-6-3-4-9-14(11)17(2)10-12-7-5-8-13(16)15(12)18/h5,7-8,11,14,18H,3-4,6,9-10H2,1-2H3. The van der Waals surface area contributed by atoms with Crippen molar-refractivity contribution in [1.29, 1.82) is 0 Å². The summed E-state index contributed by atoms with van der Waals surface area (Å²) in [6.45, 7) is 2.89. The van der Waals surface area contributed by atoms with Crippen molar-refractivity contribution in [2.45, 2.75) is 45.2 Å². The number of rotatable bonds is 3. The summed E-state index contributed by atoms with van der Waals surface area (Å²) < 4.78 is 13.3. The summed E-state index contributed by atoms with van der Waals surface area (Å²) in [4.78, 5) is 2.25. The number of nitrogens with zero attached hydrogens (tertiary/aromatic N) is 1. The second-order valence-corrected chi connectivity index (χ2v) is 5.49. The molecule has 2 nitrogen and oxygen atoms in total. The maximum absolute atomic E-state index is 13.3. The zero-order valence-electron chi connectivity index (χ0n) is 11.2. The molecule has 0 amide bonds. The Hall–Kier alpha value is -1.09. The molecule has 1 N–H and O–H groups in total. The van der Waals surface area contributed by atoms with Gasteiger partial charge in [-0.15, -0.1) is 0 Å². The highest BCUT2D eigenvalue weighted by Gasteiger charge is 2.25. The molecular formula is C15H22FNO. The Morgan fingerprint density at radius 1 is 1.33 bits per heavy atom. The third-order valence-electron chi connectivity index (χ3n) is 4.12. The number of hydrogen-bond acceptors (Lipinski definition) is 2. The SMILES string of the molecule is CC1CCCCC1N(C)Cc1cccc(F)c1O. The predicted molar refractivity (Wildman–Crippen MR) is 71.0 cm³/mol. The lowest BCUT2D eigenvalue weighted by molar-refractivity contribution is 0.132. The van der Waals surface area contributed by atoms with Crippen LogP contribution < -0.4 is 0 Å². The van der Waals surface area contributed by atoms with E-state index in [1.165, 1.54) is 31.7 Å². The Balaban J connectivity index is 2.06. The average Bonchev–Trinajstić information content (AvgIpc) is 2.35. The van der Waals surface area contributed by atoms with Gasteiger partial charge in [-0.2, -0.15) is 0 Å². The normalized spacial score (nSPS) is 24.4. The second-order valence-electron chi connectivity index (χ2n) is 5.49. The van der Waals surface area contributed by atoms with Crippen LogP contribution in [0.2, 0.25) is 0 Å². The Morgan fingerprint density at radius 2 is 2.06 bits per heavy atom. The fourth-order valence-electron chi connectivity index (χ4n) is 3.03. The minimum atomic E-state index is -0.530. The molecule has 1 aliphatic rings. The van der Waals surface area contributed by atoms with Gasteiger partial charge in [-0.05, 0) is 31.9 Å². The number of phenolic OH excluding ortho intramolecular Hbond substituents is 1. The maximum atomic E-state index is 13.3. The van der Waals surface area contributed by atoms with Crippen LogP contribution in [0.5, 0.6) is 5.75 Å². The molecule has 0 heterocycles. The number of aromatic hydroxyl groups is 1. The van der Waals surface area contributed by atoms with Crippen LogP contribution >= 0.6 is 0 Å². The zero-order valence-corrected chi connectivity index (χ0v) is 11.2. The van der Waals surface area contributed by atoms with E-state index in [1.807, 2.05) is 0 Å². The van der Waals surface area contributed by atoms with Crippen molar-refractivity contribution in [3.63, 3.8) is 0 Å². The smallest absolute Gasteiger partial charge is 0.165 e. The number of hydrogen-bond donors (Lipinski definition) is 1. The first-order valence-corrected chi connectivity index (χ1v) is 6.76. The lowest BCUT2D eigenvalue weighted by atomic mass is 9.85. The molecule has 2 atom stereocenters. The maximum Gasteiger partial charge on any atom is 0.165 e. The third-order valence-corrected chi connectivity index (χ3v) is 4.12. The molecule has 0 aliphatic heterocycles. The largest absolute Gasteiger partial charge is 0.505 e. The zero-order chi connectivity index (χ0) is 13.1. The van der Waals surface area contributed by atoms with Crippen molar-refractivity contribution in [3.05, 3.63) is 29.6 Å². The fraction of sp³-hybridized carbons (Fsp3) is 0.600. The molecule has 0 aromatic heterocycles. The van der Waals surface area contributed by atoms with E-state index >= 15 is 0 Å². The fourth-order valence-corrected chi connectivity index (χ4v) is 3.03. The van der Waals surface area contributed by atoms with Gasteiger partial charge < -0.3 is 5.11 Å². The van der Waals surface area contributed by atoms with E-state index in [-0.39, 0.29) is 5.75 Å². The Labute approximate surface area is 108 Å². The van der Waals surface area contributed by atoms with Crippen molar-refractivity contribution in [2.75, 3.05) is 7.05 Å². The van der Waals surface area contributed by atoms with Crippen LogP contribution in [-0.4, -0.2) is 23.1 Å². The van der Waals surface area contributed by atoms with Gasteiger partial charge in [0.1, 0.15) is 0 Å². The van der Waals surface area contributed by atoms with Crippen LogP contribution in [-0.2, 0) is 6.54 Å². The molecular weight excluding hydrogens is 229 g/mol. The van der Waals surface area contributed by atoms with Crippen LogP contribution in [0.25, 0.3) is 0 Å². The Bertz CT molecular complexity index is 407. The molecule has 18 heavy (non-hydrogen) atoms. The molecule has 0 spiro atoms. The van der Waals surface area contributed by atoms with E-state index in [4.69, 9.17) is 0 Å². The van der Waals surface area contributed by atoms with Crippen molar-refractivity contribution >= 4 is 0 Å². The van der Waals surface area contributed by atoms with Gasteiger partial charge in [0.15, 0.2) is 11.6 Å². The molecule has 0 radical (unpaired) electrons. The summed E-state index contributed by atoms with van der Waals surface area (Å²) in [5.41, 5.74) is 0.676. The van der Waals surface area contributed by atoms with Gasteiger partial charge in [-0.25, -0.2) is 4.39 Å². The number of halogens is 1. The lowest BCUT2D eigenvalue weighted by Gasteiger charge is -2.36. The van der Waals surface area contributed by atoms with E-state index in [0.717, 1.165) is 0 Å². The number of para-hydroxylation sites is 1. The van der Waals surface area contributed by atoms with Gasteiger partial charge in [0.25, 0.3) is 0 Å². The monoisotopic (exact) mass is 251 g/mol. The molecule has 2 unspecified atom stereocenters. The van der Waals surface area contributed by atoms with Crippen molar-refractivity contribution < 1.29 is 9.50 Å². The highest BCUT2D eigenvalue weighted by molar-refractivity contribution is 5.33.